The van der Waals surface area contributed by atoms with E-state index < -0.39 is 115 Å². The second kappa shape index (κ2) is 12.1. The third kappa shape index (κ3) is 5.97. The van der Waals surface area contributed by atoms with E-state index in [1.165, 1.54) is 0 Å². The molecule has 0 unspecified atom stereocenters. The van der Waals surface area contributed by atoms with E-state index in [4.69, 9.17) is 0 Å². The van der Waals surface area contributed by atoms with Gasteiger partial charge in [-0.05, 0) is 0 Å². The van der Waals surface area contributed by atoms with Crippen LogP contribution in [0.5, 0.6) is 0 Å². The fraction of sp³-hybridized carbons (Fsp3) is 0.895. The molecule has 304 valence electrons. The van der Waals surface area contributed by atoms with Gasteiger partial charge in [-0.15, -0.1) is 0 Å². The molecule has 0 aromatic rings. The summed E-state index contributed by atoms with van der Waals surface area (Å²) in [7, 11) is 0. The predicted molar refractivity (Wildman–Crippen MR) is 95.2 cm³/mol. The standard InChI is InChI=1S/C19H6F30O2/c20-5(21)11(32,33)16(42,43)18(46,47)13(36,37)7(24,25)1-50-3-4(10(30,31)15(40,41)9(3,28)29)51-2-8(26,27)14(38,39)19(48,49)17(44,45)12(34,35)6(22)23/h5-6H,1-2H2. The number of halogens is 30. The third-order valence-corrected chi connectivity index (χ3v) is 6.24. The van der Waals surface area contributed by atoms with Gasteiger partial charge in [0.2, 0.25) is 11.5 Å². The van der Waals surface area contributed by atoms with Gasteiger partial charge in [0.25, 0.3) is 0 Å². The lowest BCUT2D eigenvalue weighted by Gasteiger charge is -2.39. The van der Waals surface area contributed by atoms with Crippen LogP contribution in [0, 0.1) is 0 Å². The van der Waals surface area contributed by atoms with Crippen molar-refractivity contribution < 1.29 is 141 Å². The first kappa shape index (κ1) is 46.3. The Kier molecular flexibility index (Phi) is 11.0. The molecule has 0 saturated carbocycles. The van der Waals surface area contributed by atoms with Crippen LogP contribution in [0.3, 0.4) is 0 Å². The average Bonchev–Trinajstić information content (AvgIpc) is 3.02. The van der Waals surface area contributed by atoms with Gasteiger partial charge in [-0.25, -0.2) is 17.6 Å². The van der Waals surface area contributed by atoms with Gasteiger partial charge in [0.1, 0.15) is 0 Å². The number of rotatable bonds is 16. The molecule has 1 aliphatic carbocycles. The third-order valence-electron chi connectivity index (χ3n) is 6.24. The summed E-state index contributed by atoms with van der Waals surface area (Å²) in [5, 5.41) is 0. The van der Waals surface area contributed by atoms with Crippen LogP contribution in [0.4, 0.5) is 132 Å². The molecule has 0 amide bonds. The highest BCUT2D eigenvalue weighted by Crippen LogP contribution is 2.63. The first-order valence-electron chi connectivity index (χ1n) is 11.3. The number of ether oxygens (including phenoxy) is 2. The minimum absolute atomic E-state index is 2.56. The molecule has 51 heavy (non-hydrogen) atoms. The molecule has 0 aromatic carbocycles. The van der Waals surface area contributed by atoms with Crippen LogP contribution in [-0.2, 0) is 9.47 Å². The van der Waals surface area contributed by atoms with E-state index in [1.54, 1.807) is 0 Å². The van der Waals surface area contributed by atoms with Crippen molar-refractivity contribution in [1.29, 1.82) is 0 Å². The Hall–Kier alpha value is -2.76. The van der Waals surface area contributed by atoms with E-state index in [0.29, 0.717) is 0 Å². The fourth-order valence-electron chi connectivity index (χ4n) is 3.13. The Balaban J connectivity index is 3.76. The zero-order valence-electron chi connectivity index (χ0n) is 22.2. The lowest BCUT2D eigenvalue weighted by atomic mass is 9.94. The van der Waals surface area contributed by atoms with Crippen molar-refractivity contribution >= 4 is 0 Å². The molecular formula is C19H6F30O2. The largest absolute Gasteiger partial charge is 0.482 e. The summed E-state index contributed by atoms with van der Waals surface area (Å²) in [5.41, 5.74) is 0. The van der Waals surface area contributed by atoms with E-state index in [9.17, 15) is 132 Å². The zero-order valence-corrected chi connectivity index (χ0v) is 22.2. The maximum absolute atomic E-state index is 14.0. The summed E-state index contributed by atoms with van der Waals surface area (Å²) in [6, 6.07) is 0. The number of allylic oxidation sites excluding steroid dienone is 2. The summed E-state index contributed by atoms with van der Waals surface area (Å²) in [6.07, 6.45) is -12.2. The predicted octanol–water partition coefficient (Wildman–Crippen LogP) is 10.0. The van der Waals surface area contributed by atoms with Gasteiger partial charge in [-0.1, -0.05) is 0 Å². The lowest BCUT2D eigenvalue weighted by molar-refractivity contribution is -0.415. The number of alkyl halides is 30. The van der Waals surface area contributed by atoms with E-state index in [1.807, 2.05) is 0 Å². The Morgan fingerprint density at radius 3 is 0.784 bits per heavy atom. The molecule has 0 atom stereocenters. The van der Waals surface area contributed by atoms with Gasteiger partial charge >= 0.3 is 89.8 Å². The topological polar surface area (TPSA) is 18.5 Å². The van der Waals surface area contributed by atoms with Gasteiger partial charge in [0.05, 0.1) is 0 Å². The minimum atomic E-state index is -8.53. The van der Waals surface area contributed by atoms with E-state index >= 15 is 0 Å². The molecule has 0 saturated heterocycles. The lowest BCUT2D eigenvalue weighted by Crippen LogP contribution is -2.69. The summed E-state index contributed by atoms with van der Waals surface area (Å²) in [6.45, 7) is -9.09. The van der Waals surface area contributed by atoms with Crippen LogP contribution in [-0.4, -0.2) is 103 Å². The first-order chi connectivity index (χ1) is 21.8. The quantitative estimate of drug-likeness (QED) is 0.144. The second-order valence-electron chi connectivity index (χ2n) is 9.66. The van der Waals surface area contributed by atoms with Crippen molar-refractivity contribution in [1.82, 2.24) is 0 Å². The van der Waals surface area contributed by atoms with Crippen molar-refractivity contribution in [3.8, 4) is 0 Å². The summed E-state index contributed by atoms with van der Waals surface area (Å²) in [5.74, 6) is -112. The minimum Gasteiger partial charge on any atom is -0.482 e. The molecule has 1 aliphatic rings. The SMILES string of the molecule is FC(F)C(F)(F)C(F)(F)C(F)(F)C(F)(F)C(F)(F)COC1=C(OCC(F)(F)C(F)(F)C(F)(F)C(F)(F)C(F)(F)C(F)F)C(F)(F)C(F)(F)C1(F)F. The average molecular weight is 836 g/mol. The molecular weight excluding hydrogens is 830 g/mol. The maximum atomic E-state index is 14.0. The van der Waals surface area contributed by atoms with Crippen molar-refractivity contribution in [2.45, 2.75) is 89.8 Å². The number of hydrogen-bond acceptors (Lipinski definition) is 2. The van der Waals surface area contributed by atoms with Gasteiger partial charge in [-0.2, -0.15) is 114 Å². The van der Waals surface area contributed by atoms with Crippen LogP contribution >= 0.6 is 0 Å². The maximum Gasteiger partial charge on any atom is 0.387 e. The zero-order chi connectivity index (χ0) is 41.6. The first-order valence-corrected chi connectivity index (χ1v) is 11.3. The molecule has 0 bridgehead atoms. The van der Waals surface area contributed by atoms with E-state index in [2.05, 4.69) is 9.47 Å². The van der Waals surface area contributed by atoms with E-state index in [-0.39, 0.29) is 0 Å². The Labute approximate surface area is 257 Å². The van der Waals surface area contributed by atoms with Gasteiger partial charge < -0.3 is 9.47 Å². The highest BCUT2D eigenvalue weighted by Gasteiger charge is 2.90. The Morgan fingerprint density at radius 2 is 0.588 bits per heavy atom. The van der Waals surface area contributed by atoms with Gasteiger partial charge in [-0.3, -0.25) is 0 Å². The molecule has 0 heterocycles. The van der Waals surface area contributed by atoms with Crippen molar-refractivity contribution in [2.24, 2.45) is 0 Å². The summed E-state index contributed by atoms with van der Waals surface area (Å²) >= 11 is 0. The van der Waals surface area contributed by atoms with Crippen molar-refractivity contribution in [3.05, 3.63) is 11.5 Å². The smallest absolute Gasteiger partial charge is 0.387 e. The molecule has 0 spiro atoms. The Bertz CT molecular complexity index is 1210. The van der Waals surface area contributed by atoms with Gasteiger partial charge in [0.15, 0.2) is 13.2 Å². The molecule has 0 N–H and O–H groups in total. The second-order valence-corrected chi connectivity index (χ2v) is 9.66. The summed E-state index contributed by atoms with van der Waals surface area (Å²) in [4.78, 5) is 0. The van der Waals surface area contributed by atoms with Crippen LogP contribution in [0.2, 0.25) is 0 Å². The van der Waals surface area contributed by atoms with Crippen LogP contribution in [0.1, 0.15) is 0 Å². The molecule has 2 nitrogen and oxygen atoms in total. The summed E-state index contributed by atoms with van der Waals surface area (Å²) < 4.78 is 406. The monoisotopic (exact) mass is 836 g/mol. The molecule has 0 radical (unpaired) electrons. The highest BCUT2D eigenvalue weighted by atomic mass is 19.4. The molecule has 32 heteroatoms. The van der Waals surface area contributed by atoms with Gasteiger partial charge in [0, 0.05) is 0 Å². The van der Waals surface area contributed by atoms with Crippen LogP contribution in [0.25, 0.3) is 0 Å². The highest BCUT2D eigenvalue weighted by molar-refractivity contribution is 5.34. The van der Waals surface area contributed by atoms with Crippen LogP contribution < -0.4 is 0 Å². The molecule has 1 rings (SSSR count). The molecule has 0 fully saturated rings. The molecule has 0 aromatic heterocycles. The number of hydrogen-bond donors (Lipinski definition) is 0. The molecule has 0 aliphatic heterocycles. The van der Waals surface area contributed by atoms with Crippen LogP contribution in [0.15, 0.2) is 11.5 Å². The Morgan fingerprint density at radius 1 is 0.373 bits per heavy atom. The fourth-order valence-corrected chi connectivity index (χ4v) is 3.13. The normalized spacial score (nSPS) is 20.1. The van der Waals surface area contributed by atoms with E-state index in [0.717, 1.165) is 0 Å². The van der Waals surface area contributed by atoms with Crippen molar-refractivity contribution in [3.63, 3.8) is 0 Å². The van der Waals surface area contributed by atoms with Crippen molar-refractivity contribution in [2.75, 3.05) is 13.2 Å².